The molecule has 0 atom stereocenters. The van der Waals surface area contributed by atoms with Crippen molar-refractivity contribution in [1.82, 2.24) is 5.32 Å². The molecule has 0 aliphatic heterocycles. The van der Waals surface area contributed by atoms with E-state index < -0.39 is 11.7 Å². The predicted molar refractivity (Wildman–Crippen MR) is 76.0 cm³/mol. The van der Waals surface area contributed by atoms with Crippen LogP contribution in [0.25, 0.3) is 0 Å². The van der Waals surface area contributed by atoms with Gasteiger partial charge in [-0.2, -0.15) is 0 Å². The number of halogens is 1. The Morgan fingerprint density at radius 2 is 2.00 bits per heavy atom. The summed E-state index contributed by atoms with van der Waals surface area (Å²) in [5.41, 5.74) is 5.70. The second-order valence-corrected chi connectivity index (χ2v) is 4.90. The predicted octanol–water partition coefficient (Wildman–Crippen LogP) is 1.56. The monoisotopic (exact) mass is 281 g/mol. The minimum absolute atomic E-state index is 0.0312. The second kappa shape index (κ2) is 7.00. The third-order valence-corrected chi connectivity index (χ3v) is 2.81. The van der Waals surface area contributed by atoms with Crippen molar-refractivity contribution in [1.29, 1.82) is 0 Å². The van der Waals surface area contributed by atoms with E-state index in [0.717, 1.165) is 6.07 Å². The molecule has 0 fully saturated rings. The molecule has 0 aliphatic carbocycles. The lowest BCUT2D eigenvalue weighted by Crippen LogP contribution is -2.27. The van der Waals surface area contributed by atoms with Crippen molar-refractivity contribution < 1.29 is 14.0 Å². The van der Waals surface area contributed by atoms with Crippen LogP contribution in [0.2, 0.25) is 0 Å². The first-order chi connectivity index (χ1) is 9.31. The molecule has 0 unspecified atom stereocenters. The summed E-state index contributed by atoms with van der Waals surface area (Å²) in [6.07, 6.45) is 0.264. The molecule has 0 heterocycles. The van der Waals surface area contributed by atoms with Gasteiger partial charge < -0.3 is 16.4 Å². The zero-order valence-electron chi connectivity index (χ0n) is 11.9. The fourth-order valence-electron chi connectivity index (χ4n) is 1.64. The smallest absolute Gasteiger partial charge is 0.248 e. The summed E-state index contributed by atoms with van der Waals surface area (Å²) >= 11 is 0. The summed E-state index contributed by atoms with van der Waals surface area (Å²) in [6.45, 7) is 6.02. The van der Waals surface area contributed by atoms with Gasteiger partial charge in [-0.05, 0) is 19.1 Å². The number of amides is 2. The lowest BCUT2D eigenvalue weighted by atomic mass is 10.1. The van der Waals surface area contributed by atoms with Crippen molar-refractivity contribution in [3.05, 3.63) is 29.1 Å². The number of hydrogen-bond donors (Lipinski definition) is 3. The molecule has 0 aromatic heterocycles. The van der Waals surface area contributed by atoms with Gasteiger partial charge in [-0.25, -0.2) is 4.39 Å². The van der Waals surface area contributed by atoms with E-state index in [4.69, 9.17) is 5.73 Å². The zero-order valence-corrected chi connectivity index (χ0v) is 11.9. The van der Waals surface area contributed by atoms with Crippen LogP contribution in [-0.4, -0.2) is 24.4 Å². The molecular weight excluding hydrogens is 261 g/mol. The molecule has 0 bridgehead atoms. The van der Waals surface area contributed by atoms with Crippen molar-refractivity contribution in [3.8, 4) is 0 Å². The Morgan fingerprint density at radius 1 is 1.35 bits per heavy atom. The van der Waals surface area contributed by atoms with E-state index in [9.17, 15) is 14.0 Å². The molecule has 20 heavy (non-hydrogen) atoms. The first kappa shape index (κ1) is 16.1. The maximum atomic E-state index is 13.6. The number of primary amides is 1. The van der Waals surface area contributed by atoms with Crippen LogP contribution in [0.1, 0.15) is 36.2 Å². The van der Waals surface area contributed by atoms with Crippen molar-refractivity contribution in [2.45, 2.75) is 33.2 Å². The molecule has 1 rings (SSSR count). The van der Waals surface area contributed by atoms with Crippen LogP contribution in [0.5, 0.6) is 0 Å². The van der Waals surface area contributed by atoms with E-state index >= 15 is 0 Å². The Labute approximate surface area is 117 Å². The van der Waals surface area contributed by atoms with E-state index in [2.05, 4.69) is 10.6 Å². The fourth-order valence-corrected chi connectivity index (χ4v) is 1.64. The number of carbonyl (C=O) groups is 2. The Balaban J connectivity index is 2.76. The van der Waals surface area contributed by atoms with Gasteiger partial charge in [0.2, 0.25) is 11.8 Å². The molecule has 1 aromatic rings. The lowest BCUT2D eigenvalue weighted by Gasteiger charge is -2.12. The molecule has 0 spiro atoms. The number of hydrogen-bond acceptors (Lipinski definition) is 3. The first-order valence-corrected chi connectivity index (χ1v) is 6.44. The zero-order chi connectivity index (χ0) is 15.3. The van der Waals surface area contributed by atoms with Gasteiger partial charge >= 0.3 is 0 Å². The average molecular weight is 281 g/mol. The van der Waals surface area contributed by atoms with Gasteiger partial charge in [-0.1, -0.05) is 13.8 Å². The standard InChI is InChI=1S/C14H20FN3O2/c1-8(2)17-5-4-13(19)18-12-7-10(14(16)20)6-11(15)9(12)3/h6-8,17H,4-5H2,1-3H3,(H2,16,20)(H,18,19). The van der Waals surface area contributed by atoms with Gasteiger partial charge in [-0.3, -0.25) is 9.59 Å². The number of anilines is 1. The van der Waals surface area contributed by atoms with Gasteiger partial charge in [0.15, 0.2) is 0 Å². The highest BCUT2D eigenvalue weighted by molar-refractivity contribution is 5.97. The van der Waals surface area contributed by atoms with Crippen LogP contribution >= 0.6 is 0 Å². The van der Waals surface area contributed by atoms with Crippen LogP contribution in [0.4, 0.5) is 10.1 Å². The van der Waals surface area contributed by atoms with Crippen LogP contribution < -0.4 is 16.4 Å². The summed E-state index contributed by atoms with van der Waals surface area (Å²) in [4.78, 5) is 22.8. The van der Waals surface area contributed by atoms with Crippen molar-refractivity contribution >= 4 is 17.5 Å². The summed E-state index contributed by atoms with van der Waals surface area (Å²) < 4.78 is 13.6. The topological polar surface area (TPSA) is 84.2 Å². The molecule has 6 heteroatoms. The molecule has 1 aromatic carbocycles. The molecular formula is C14H20FN3O2. The molecule has 0 radical (unpaired) electrons. The van der Waals surface area contributed by atoms with Crippen LogP contribution in [-0.2, 0) is 4.79 Å². The van der Waals surface area contributed by atoms with E-state index in [-0.39, 0.29) is 29.1 Å². The highest BCUT2D eigenvalue weighted by Crippen LogP contribution is 2.20. The normalized spacial score (nSPS) is 10.7. The van der Waals surface area contributed by atoms with Crippen molar-refractivity contribution in [3.63, 3.8) is 0 Å². The van der Waals surface area contributed by atoms with Gasteiger partial charge in [0.1, 0.15) is 5.82 Å². The number of carbonyl (C=O) groups excluding carboxylic acids is 2. The third-order valence-electron chi connectivity index (χ3n) is 2.81. The van der Waals surface area contributed by atoms with Crippen LogP contribution in [0, 0.1) is 12.7 Å². The molecule has 110 valence electrons. The largest absolute Gasteiger partial charge is 0.366 e. The van der Waals surface area contributed by atoms with Crippen molar-refractivity contribution in [2.75, 3.05) is 11.9 Å². The van der Waals surface area contributed by atoms with Crippen LogP contribution in [0.3, 0.4) is 0 Å². The highest BCUT2D eigenvalue weighted by Gasteiger charge is 2.12. The van der Waals surface area contributed by atoms with E-state index in [1.165, 1.54) is 13.0 Å². The van der Waals surface area contributed by atoms with Crippen molar-refractivity contribution in [2.24, 2.45) is 5.73 Å². The first-order valence-electron chi connectivity index (χ1n) is 6.44. The van der Waals surface area contributed by atoms with Gasteiger partial charge in [0, 0.05) is 35.8 Å². The van der Waals surface area contributed by atoms with Crippen LogP contribution in [0.15, 0.2) is 12.1 Å². The molecule has 0 aliphatic rings. The Hall–Kier alpha value is -1.95. The molecule has 5 nitrogen and oxygen atoms in total. The lowest BCUT2D eigenvalue weighted by molar-refractivity contribution is -0.116. The molecule has 0 saturated heterocycles. The Morgan fingerprint density at radius 3 is 2.55 bits per heavy atom. The highest BCUT2D eigenvalue weighted by atomic mass is 19.1. The maximum Gasteiger partial charge on any atom is 0.248 e. The minimum Gasteiger partial charge on any atom is -0.366 e. The number of rotatable bonds is 6. The Bertz CT molecular complexity index is 515. The molecule has 4 N–H and O–H groups in total. The van der Waals surface area contributed by atoms with E-state index in [1.54, 1.807) is 0 Å². The molecule has 2 amide bonds. The minimum atomic E-state index is -0.735. The quantitative estimate of drug-likeness (QED) is 0.740. The molecule has 0 saturated carbocycles. The number of nitrogens with one attached hydrogen (secondary N) is 2. The van der Waals surface area contributed by atoms with Gasteiger partial charge in [0.25, 0.3) is 0 Å². The summed E-state index contributed by atoms with van der Waals surface area (Å²) in [5.74, 6) is -1.56. The fraction of sp³-hybridized carbons (Fsp3) is 0.429. The van der Waals surface area contributed by atoms with E-state index in [0.29, 0.717) is 12.6 Å². The number of benzene rings is 1. The third kappa shape index (κ3) is 4.62. The SMILES string of the molecule is Cc1c(F)cc(C(N)=O)cc1NC(=O)CCNC(C)C. The summed E-state index contributed by atoms with van der Waals surface area (Å²) in [7, 11) is 0. The number of nitrogens with two attached hydrogens (primary N) is 1. The van der Waals surface area contributed by atoms with Gasteiger partial charge in [0.05, 0.1) is 0 Å². The summed E-state index contributed by atoms with van der Waals surface area (Å²) in [5, 5.41) is 5.70. The maximum absolute atomic E-state index is 13.6. The van der Waals surface area contributed by atoms with Gasteiger partial charge in [-0.15, -0.1) is 0 Å². The second-order valence-electron chi connectivity index (χ2n) is 4.90. The Kier molecular flexibility index (Phi) is 5.64. The summed E-state index contributed by atoms with van der Waals surface area (Å²) in [6, 6.07) is 2.74. The average Bonchev–Trinajstić information content (AvgIpc) is 2.33. The van der Waals surface area contributed by atoms with E-state index in [1.807, 2.05) is 13.8 Å².